The number of amides is 1. The van der Waals surface area contributed by atoms with Crippen molar-refractivity contribution in [2.75, 3.05) is 19.8 Å². The van der Waals surface area contributed by atoms with Gasteiger partial charge in [0, 0.05) is 6.54 Å². The van der Waals surface area contributed by atoms with Crippen LogP contribution in [0.25, 0.3) is 0 Å². The van der Waals surface area contributed by atoms with Gasteiger partial charge in [-0.1, -0.05) is 0 Å². The minimum Gasteiger partial charge on any atom is -0.382 e. The van der Waals surface area contributed by atoms with Gasteiger partial charge in [0.15, 0.2) is 5.79 Å². The highest BCUT2D eigenvalue weighted by Gasteiger charge is 2.28. The normalized spacial score (nSPS) is 23.7. The van der Waals surface area contributed by atoms with Crippen molar-refractivity contribution in [2.45, 2.75) is 31.8 Å². The summed E-state index contributed by atoms with van der Waals surface area (Å²) in [7, 11) is 0. The minimum absolute atomic E-state index is 0.0213. The van der Waals surface area contributed by atoms with Gasteiger partial charge >= 0.3 is 0 Å². The topological polar surface area (TPSA) is 93.8 Å². The Morgan fingerprint density at radius 2 is 2.13 bits per heavy atom. The number of rotatable bonds is 4. The highest BCUT2D eigenvalue weighted by molar-refractivity contribution is 5.78. The molecular formula is C9H18N2O4. The summed E-state index contributed by atoms with van der Waals surface area (Å²) in [6, 6.07) is -0.0213. The van der Waals surface area contributed by atoms with Crippen LogP contribution in [0.3, 0.4) is 0 Å². The second-order valence-corrected chi connectivity index (χ2v) is 4.05. The quantitative estimate of drug-likeness (QED) is 0.538. The second-order valence-electron chi connectivity index (χ2n) is 4.05. The zero-order chi connectivity index (χ0) is 11.5. The van der Waals surface area contributed by atoms with E-state index in [2.05, 4.69) is 5.32 Å². The van der Waals surface area contributed by atoms with Gasteiger partial charge < -0.3 is 25.6 Å². The fourth-order valence-corrected chi connectivity index (χ4v) is 1.19. The molecule has 88 valence electrons. The molecule has 1 unspecified atom stereocenters. The summed E-state index contributed by atoms with van der Waals surface area (Å²) in [6.07, 6.45) is -1.17. The summed E-state index contributed by atoms with van der Waals surface area (Å²) in [4.78, 5) is 10.5. The lowest BCUT2D eigenvalue weighted by Crippen LogP contribution is -2.51. The minimum atomic E-state index is -1.17. The van der Waals surface area contributed by atoms with E-state index in [0.29, 0.717) is 13.2 Å². The third-order valence-corrected chi connectivity index (χ3v) is 2.19. The molecule has 0 spiro atoms. The van der Waals surface area contributed by atoms with Crippen LogP contribution in [0, 0.1) is 0 Å². The van der Waals surface area contributed by atoms with E-state index in [1.165, 1.54) is 0 Å². The highest BCUT2D eigenvalue weighted by Crippen LogP contribution is 2.16. The lowest BCUT2D eigenvalue weighted by molar-refractivity contribution is -0.253. The number of nitrogens with two attached hydrogens (primary N) is 1. The standard InChI is InChI=1S/C9H18N2O4/c1-9(2)14-4-6(5-15-9)11-3-7(12)8(10)13/h6-7,11-12H,3-5H2,1-2H3,(H2,10,13). The van der Waals surface area contributed by atoms with E-state index in [1.54, 1.807) is 0 Å². The number of primary amides is 1. The molecular weight excluding hydrogens is 200 g/mol. The molecule has 0 aromatic rings. The number of nitrogens with one attached hydrogen (secondary N) is 1. The van der Waals surface area contributed by atoms with Crippen molar-refractivity contribution in [2.24, 2.45) is 5.73 Å². The first kappa shape index (κ1) is 12.4. The molecule has 0 radical (unpaired) electrons. The maximum atomic E-state index is 10.5. The SMILES string of the molecule is CC1(C)OCC(NCC(O)C(N)=O)CO1. The third-order valence-electron chi connectivity index (χ3n) is 2.19. The van der Waals surface area contributed by atoms with Crippen molar-refractivity contribution < 1.29 is 19.4 Å². The molecule has 0 saturated carbocycles. The molecule has 6 nitrogen and oxygen atoms in total. The Labute approximate surface area is 88.7 Å². The zero-order valence-corrected chi connectivity index (χ0v) is 9.03. The molecule has 0 bridgehead atoms. The first-order valence-electron chi connectivity index (χ1n) is 4.89. The average molecular weight is 218 g/mol. The summed E-state index contributed by atoms with van der Waals surface area (Å²) in [5.74, 6) is -1.29. The molecule has 1 atom stereocenters. The number of hydrogen-bond acceptors (Lipinski definition) is 5. The number of aliphatic hydroxyl groups excluding tert-OH is 1. The Bertz CT molecular complexity index is 222. The molecule has 1 aliphatic rings. The predicted molar refractivity (Wildman–Crippen MR) is 53.0 cm³/mol. The Morgan fingerprint density at radius 3 is 2.60 bits per heavy atom. The van der Waals surface area contributed by atoms with E-state index < -0.39 is 17.8 Å². The van der Waals surface area contributed by atoms with Crippen molar-refractivity contribution >= 4 is 5.91 Å². The van der Waals surface area contributed by atoms with Gasteiger partial charge in [-0.2, -0.15) is 0 Å². The molecule has 15 heavy (non-hydrogen) atoms. The van der Waals surface area contributed by atoms with Crippen LogP contribution in [-0.4, -0.2) is 48.7 Å². The number of hydrogen-bond donors (Lipinski definition) is 3. The largest absolute Gasteiger partial charge is 0.382 e. The van der Waals surface area contributed by atoms with Crippen LogP contribution in [0.5, 0.6) is 0 Å². The van der Waals surface area contributed by atoms with Gasteiger partial charge in [0.1, 0.15) is 6.10 Å². The van der Waals surface area contributed by atoms with Crippen molar-refractivity contribution in [1.82, 2.24) is 5.32 Å². The highest BCUT2D eigenvalue weighted by atomic mass is 16.7. The number of ether oxygens (including phenoxy) is 2. The average Bonchev–Trinajstić information content (AvgIpc) is 2.15. The van der Waals surface area contributed by atoms with Crippen LogP contribution >= 0.6 is 0 Å². The molecule has 0 aliphatic carbocycles. The molecule has 1 saturated heterocycles. The van der Waals surface area contributed by atoms with Gasteiger partial charge in [0.2, 0.25) is 5.91 Å². The van der Waals surface area contributed by atoms with Gasteiger partial charge in [0.05, 0.1) is 19.3 Å². The first-order valence-corrected chi connectivity index (χ1v) is 4.89. The van der Waals surface area contributed by atoms with E-state index in [4.69, 9.17) is 20.3 Å². The molecule has 4 N–H and O–H groups in total. The number of carbonyl (C=O) groups is 1. The predicted octanol–water partition coefficient (Wildman–Crippen LogP) is -1.43. The summed E-state index contributed by atoms with van der Waals surface area (Å²) in [6.45, 7) is 4.76. The lowest BCUT2D eigenvalue weighted by atomic mass is 10.2. The van der Waals surface area contributed by atoms with Crippen LogP contribution in [0.15, 0.2) is 0 Å². The van der Waals surface area contributed by atoms with E-state index in [-0.39, 0.29) is 12.6 Å². The Kier molecular flexibility index (Phi) is 4.04. The van der Waals surface area contributed by atoms with E-state index >= 15 is 0 Å². The van der Waals surface area contributed by atoms with Gasteiger partial charge in [-0.25, -0.2) is 0 Å². The molecule has 1 aliphatic heterocycles. The molecule has 6 heteroatoms. The Morgan fingerprint density at radius 1 is 1.60 bits per heavy atom. The van der Waals surface area contributed by atoms with Crippen molar-refractivity contribution in [3.8, 4) is 0 Å². The van der Waals surface area contributed by atoms with Crippen LogP contribution in [-0.2, 0) is 14.3 Å². The van der Waals surface area contributed by atoms with Crippen LogP contribution < -0.4 is 11.1 Å². The van der Waals surface area contributed by atoms with Gasteiger partial charge in [0.25, 0.3) is 0 Å². The van der Waals surface area contributed by atoms with Crippen molar-refractivity contribution in [3.63, 3.8) is 0 Å². The maximum Gasteiger partial charge on any atom is 0.247 e. The first-order chi connectivity index (χ1) is 6.91. The van der Waals surface area contributed by atoms with Crippen molar-refractivity contribution in [3.05, 3.63) is 0 Å². The van der Waals surface area contributed by atoms with Gasteiger partial charge in [-0.05, 0) is 13.8 Å². The van der Waals surface area contributed by atoms with Crippen LogP contribution in [0.2, 0.25) is 0 Å². The smallest absolute Gasteiger partial charge is 0.247 e. The molecule has 1 heterocycles. The zero-order valence-electron chi connectivity index (χ0n) is 9.03. The summed E-state index contributed by atoms with van der Waals surface area (Å²) in [5.41, 5.74) is 4.90. The molecule has 1 amide bonds. The van der Waals surface area contributed by atoms with Crippen LogP contribution in [0.1, 0.15) is 13.8 Å². The van der Waals surface area contributed by atoms with Gasteiger partial charge in [-0.15, -0.1) is 0 Å². The fraction of sp³-hybridized carbons (Fsp3) is 0.889. The van der Waals surface area contributed by atoms with Gasteiger partial charge in [-0.3, -0.25) is 4.79 Å². The molecule has 1 rings (SSSR count). The summed E-state index contributed by atoms with van der Waals surface area (Å²) < 4.78 is 10.8. The maximum absolute atomic E-state index is 10.5. The van der Waals surface area contributed by atoms with E-state index in [0.717, 1.165) is 0 Å². The Balaban J connectivity index is 2.22. The van der Waals surface area contributed by atoms with E-state index in [1.807, 2.05) is 13.8 Å². The summed E-state index contributed by atoms with van der Waals surface area (Å²) >= 11 is 0. The van der Waals surface area contributed by atoms with Crippen molar-refractivity contribution in [1.29, 1.82) is 0 Å². The van der Waals surface area contributed by atoms with E-state index in [9.17, 15) is 4.79 Å². The summed E-state index contributed by atoms with van der Waals surface area (Å²) in [5, 5.41) is 12.1. The number of aliphatic hydroxyl groups is 1. The molecule has 1 fully saturated rings. The molecule has 0 aromatic carbocycles. The Hall–Kier alpha value is -0.690. The third kappa shape index (κ3) is 4.13. The number of carbonyl (C=O) groups excluding carboxylic acids is 1. The molecule has 0 aromatic heterocycles. The second kappa shape index (κ2) is 4.89. The van der Waals surface area contributed by atoms with Crippen LogP contribution in [0.4, 0.5) is 0 Å². The monoisotopic (exact) mass is 218 g/mol. The fourth-order valence-electron chi connectivity index (χ4n) is 1.19. The lowest BCUT2D eigenvalue weighted by Gasteiger charge is -2.35.